The topological polar surface area (TPSA) is 76.0 Å². The van der Waals surface area contributed by atoms with Crippen LogP contribution in [0.1, 0.15) is 29.9 Å². The molecule has 0 fully saturated rings. The highest BCUT2D eigenvalue weighted by Crippen LogP contribution is 2.19. The number of amides is 2. The molecule has 0 unspecified atom stereocenters. The first-order valence-corrected chi connectivity index (χ1v) is 8.40. The number of benzene rings is 2. The van der Waals surface area contributed by atoms with Gasteiger partial charge in [-0.2, -0.15) is 5.10 Å². The molecular formula is C20H20N4O2. The normalized spacial score (nSPS) is 10.4. The van der Waals surface area contributed by atoms with Gasteiger partial charge in [0.15, 0.2) is 0 Å². The summed E-state index contributed by atoms with van der Waals surface area (Å²) in [7, 11) is 0. The Morgan fingerprint density at radius 2 is 1.58 bits per heavy atom. The molecule has 0 saturated carbocycles. The average molecular weight is 348 g/mol. The van der Waals surface area contributed by atoms with E-state index in [1.165, 1.54) is 6.92 Å². The van der Waals surface area contributed by atoms with Crippen LogP contribution in [0.3, 0.4) is 0 Å². The maximum atomic E-state index is 12.7. The number of carbonyl (C=O) groups excluding carboxylic acids is 2. The predicted octanol–water partition coefficient (Wildman–Crippen LogP) is 3.65. The fourth-order valence-electron chi connectivity index (χ4n) is 2.73. The third-order valence-electron chi connectivity index (χ3n) is 3.91. The van der Waals surface area contributed by atoms with Gasteiger partial charge in [0, 0.05) is 18.3 Å². The summed E-state index contributed by atoms with van der Waals surface area (Å²) >= 11 is 0. The predicted molar refractivity (Wildman–Crippen MR) is 102 cm³/mol. The molecule has 0 bridgehead atoms. The number of rotatable bonds is 5. The Morgan fingerprint density at radius 1 is 0.962 bits per heavy atom. The number of nitrogens with one attached hydrogen (secondary N) is 2. The van der Waals surface area contributed by atoms with Crippen LogP contribution in [0.2, 0.25) is 0 Å². The fourth-order valence-corrected chi connectivity index (χ4v) is 2.73. The van der Waals surface area contributed by atoms with Gasteiger partial charge < -0.3 is 10.6 Å². The fraction of sp³-hybridized carbons (Fsp3) is 0.150. The Kier molecular flexibility index (Phi) is 5.12. The van der Waals surface area contributed by atoms with E-state index in [4.69, 9.17) is 0 Å². The third kappa shape index (κ3) is 3.80. The molecule has 0 atom stereocenters. The SMILES string of the molecule is CCc1c(C(=O)Nc2ccc(NC(C)=O)cc2)cnn1-c1ccccc1. The van der Waals surface area contributed by atoms with Crippen molar-refractivity contribution < 1.29 is 9.59 Å². The molecule has 26 heavy (non-hydrogen) atoms. The first kappa shape index (κ1) is 17.4. The third-order valence-corrected chi connectivity index (χ3v) is 3.91. The largest absolute Gasteiger partial charge is 0.326 e. The minimum atomic E-state index is -0.212. The molecule has 0 aliphatic rings. The van der Waals surface area contributed by atoms with E-state index < -0.39 is 0 Å². The summed E-state index contributed by atoms with van der Waals surface area (Å²) in [6.45, 7) is 3.45. The number of nitrogens with zero attached hydrogens (tertiary/aromatic N) is 2. The number of hydrogen-bond donors (Lipinski definition) is 2. The lowest BCUT2D eigenvalue weighted by Gasteiger charge is -2.09. The lowest BCUT2D eigenvalue weighted by atomic mass is 10.1. The van der Waals surface area contributed by atoms with Crippen LogP contribution in [0.4, 0.5) is 11.4 Å². The van der Waals surface area contributed by atoms with Crippen molar-refractivity contribution in [2.24, 2.45) is 0 Å². The van der Waals surface area contributed by atoms with Gasteiger partial charge in [-0.3, -0.25) is 9.59 Å². The van der Waals surface area contributed by atoms with E-state index in [0.29, 0.717) is 23.4 Å². The maximum absolute atomic E-state index is 12.7. The molecule has 1 aromatic heterocycles. The molecule has 0 spiro atoms. The summed E-state index contributed by atoms with van der Waals surface area (Å²) in [5, 5.41) is 9.94. The van der Waals surface area contributed by atoms with Gasteiger partial charge in [-0.1, -0.05) is 25.1 Å². The second-order valence-electron chi connectivity index (χ2n) is 5.82. The molecule has 0 saturated heterocycles. The number of hydrogen-bond acceptors (Lipinski definition) is 3. The lowest BCUT2D eigenvalue weighted by Crippen LogP contribution is -2.14. The number of carbonyl (C=O) groups is 2. The maximum Gasteiger partial charge on any atom is 0.259 e. The Balaban J connectivity index is 1.80. The summed E-state index contributed by atoms with van der Waals surface area (Å²) in [5.74, 6) is -0.348. The van der Waals surface area contributed by atoms with Gasteiger partial charge in [-0.05, 0) is 42.8 Å². The van der Waals surface area contributed by atoms with E-state index in [1.54, 1.807) is 35.1 Å². The van der Waals surface area contributed by atoms with Crippen LogP contribution in [0, 0.1) is 0 Å². The molecule has 6 heteroatoms. The van der Waals surface area contributed by atoms with E-state index >= 15 is 0 Å². The van der Waals surface area contributed by atoms with Crippen LogP contribution < -0.4 is 10.6 Å². The zero-order chi connectivity index (χ0) is 18.5. The van der Waals surface area contributed by atoms with Gasteiger partial charge in [0.1, 0.15) is 0 Å². The van der Waals surface area contributed by atoms with E-state index in [9.17, 15) is 9.59 Å². The molecule has 0 aliphatic carbocycles. The summed E-state index contributed by atoms with van der Waals surface area (Å²) in [6.07, 6.45) is 2.27. The van der Waals surface area contributed by atoms with Crippen LogP contribution in [-0.2, 0) is 11.2 Å². The van der Waals surface area contributed by atoms with Crippen LogP contribution in [-0.4, -0.2) is 21.6 Å². The Hall–Kier alpha value is -3.41. The molecule has 2 N–H and O–H groups in total. The van der Waals surface area contributed by atoms with Crippen molar-refractivity contribution in [1.29, 1.82) is 0 Å². The minimum absolute atomic E-state index is 0.136. The second-order valence-corrected chi connectivity index (χ2v) is 5.82. The van der Waals surface area contributed by atoms with E-state index in [1.807, 2.05) is 37.3 Å². The lowest BCUT2D eigenvalue weighted by molar-refractivity contribution is -0.114. The molecule has 3 aromatic rings. The van der Waals surface area contributed by atoms with Gasteiger partial charge in [0.25, 0.3) is 5.91 Å². The minimum Gasteiger partial charge on any atom is -0.326 e. The quantitative estimate of drug-likeness (QED) is 0.739. The summed E-state index contributed by atoms with van der Waals surface area (Å²) < 4.78 is 1.79. The molecule has 6 nitrogen and oxygen atoms in total. The molecule has 2 aromatic carbocycles. The number of anilines is 2. The number of aromatic nitrogens is 2. The van der Waals surface area contributed by atoms with Crippen LogP contribution in [0.5, 0.6) is 0 Å². The van der Waals surface area contributed by atoms with E-state index in [-0.39, 0.29) is 11.8 Å². The van der Waals surface area contributed by atoms with Crippen molar-refractivity contribution in [3.05, 3.63) is 72.1 Å². The van der Waals surface area contributed by atoms with Crippen molar-refractivity contribution in [3.63, 3.8) is 0 Å². The molecular weight excluding hydrogens is 328 g/mol. The standard InChI is InChI=1S/C20H20N4O2/c1-3-19-18(13-21-24(19)17-7-5-4-6-8-17)20(26)23-16-11-9-15(10-12-16)22-14(2)25/h4-13H,3H2,1-2H3,(H,22,25)(H,23,26). The zero-order valence-corrected chi connectivity index (χ0v) is 14.7. The van der Waals surface area contributed by atoms with Crippen LogP contribution in [0.15, 0.2) is 60.8 Å². The highest BCUT2D eigenvalue weighted by Gasteiger charge is 2.17. The van der Waals surface area contributed by atoms with Gasteiger partial charge in [-0.25, -0.2) is 4.68 Å². The van der Waals surface area contributed by atoms with Crippen molar-refractivity contribution >= 4 is 23.2 Å². The van der Waals surface area contributed by atoms with E-state index in [2.05, 4.69) is 15.7 Å². The monoisotopic (exact) mass is 348 g/mol. The van der Waals surface area contributed by atoms with E-state index in [0.717, 1.165) is 11.4 Å². The van der Waals surface area contributed by atoms with Crippen LogP contribution >= 0.6 is 0 Å². The smallest absolute Gasteiger partial charge is 0.259 e. The van der Waals surface area contributed by atoms with Crippen LogP contribution in [0.25, 0.3) is 5.69 Å². The second kappa shape index (κ2) is 7.65. The summed E-state index contributed by atoms with van der Waals surface area (Å²) in [5.41, 5.74) is 3.65. The van der Waals surface area contributed by atoms with Crippen molar-refractivity contribution in [2.45, 2.75) is 20.3 Å². The van der Waals surface area contributed by atoms with Gasteiger partial charge in [-0.15, -0.1) is 0 Å². The van der Waals surface area contributed by atoms with Crippen molar-refractivity contribution in [1.82, 2.24) is 9.78 Å². The molecule has 132 valence electrons. The zero-order valence-electron chi connectivity index (χ0n) is 14.7. The highest BCUT2D eigenvalue weighted by atomic mass is 16.2. The Morgan fingerprint density at radius 3 is 2.15 bits per heavy atom. The molecule has 2 amide bonds. The van der Waals surface area contributed by atoms with Gasteiger partial charge in [0.2, 0.25) is 5.91 Å². The van der Waals surface area contributed by atoms with Crippen molar-refractivity contribution in [2.75, 3.05) is 10.6 Å². The Bertz CT molecular complexity index is 915. The first-order chi connectivity index (χ1) is 12.6. The van der Waals surface area contributed by atoms with Gasteiger partial charge >= 0.3 is 0 Å². The Labute approximate surface area is 151 Å². The molecule has 0 radical (unpaired) electrons. The molecule has 3 rings (SSSR count). The summed E-state index contributed by atoms with van der Waals surface area (Å²) in [6, 6.07) is 16.7. The first-order valence-electron chi connectivity index (χ1n) is 8.40. The average Bonchev–Trinajstić information content (AvgIpc) is 3.08. The van der Waals surface area contributed by atoms with Crippen molar-refractivity contribution in [3.8, 4) is 5.69 Å². The molecule has 1 heterocycles. The summed E-state index contributed by atoms with van der Waals surface area (Å²) in [4.78, 5) is 23.7. The van der Waals surface area contributed by atoms with Gasteiger partial charge in [0.05, 0.1) is 23.1 Å². The highest BCUT2D eigenvalue weighted by molar-refractivity contribution is 6.05. The molecule has 0 aliphatic heterocycles. The number of para-hydroxylation sites is 1.